The molecule has 0 atom stereocenters. The molecule has 0 aliphatic heterocycles. The van der Waals surface area contributed by atoms with E-state index in [1.165, 1.54) is 0 Å². The highest BCUT2D eigenvalue weighted by molar-refractivity contribution is 5.74. The molecule has 0 spiro atoms. The minimum atomic E-state index is -0.258. The summed E-state index contributed by atoms with van der Waals surface area (Å²) in [6, 6.07) is 7.63. The van der Waals surface area contributed by atoms with Gasteiger partial charge in [0.25, 0.3) is 0 Å². The topological polar surface area (TPSA) is 52.6 Å². The molecule has 0 radical (unpaired) electrons. The summed E-state index contributed by atoms with van der Waals surface area (Å²) in [5.74, 6) is 5.95. The minimum Gasteiger partial charge on any atom is -0.395 e. The molecule has 4 heteroatoms. The lowest BCUT2D eigenvalue weighted by atomic mass is 10.1. The van der Waals surface area contributed by atoms with E-state index in [1.54, 1.807) is 11.9 Å². The Morgan fingerprint density at radius 1 is 1.33 bits per heavy atom. The van der Waals surface area contributed by atoms with Crippen molar-refractivity contribution in [1.82, 2.24) is 10.2 Å². The summed E-state index contributed by atoms with van der Waals surface area (Å²) in [6.45, 7) is 6.40. The summed E-state index contributed by atoms with van der Waals surface area (Å²) in [7, 11) is 1.76. The number of carbonyl (C=O) groups excluding carboxylic acids is 1. The van der Waals surface area contributed by atoms with Crippen molar-refractivity contribution < 1.29 is 9.90 Å². The van der Waals surface area contributed by atoms with Gasteiger partial charge in [-0.3, -0.25) is 0 Å². The number of nitrogens with one attached hydrogen (secondary N) is 1. The molecule has 0 unspecified atom stereocenters. The van der Waals surface area contributed by atoms with Gasteiger partial charge in [-0.05, 0) is 32.4 Å². The predicted octanol–water partition coefficient (Wildman–Crippen LogP) is 2.36. The number of nitrogens with zero attached hydrogens (tertiary/aromatic N) is 1. The molecule has 0 bridgehead atoms. The third-order valence-electron chi connectivity index (χ3n) is 2.71. The molecule has 0 aliphatic rings. The fourth-order valence-corrected chi connectivity index (χ4v) is 1.74. The van der Waals surface area contributed by atoms with Crippen LogP contribution in [0.25, 0.3) is 0 Å². The lowest BCUT2D eigenvalue weighted by Gasteiger charge is -2.26. The number of hydrogen-bond acceptors (Lipinski definition) is 2. The van der Waals surface area contributed by atoms with Crippen LogP contribution in [0, 0.1) is 11.8 Å². The van der Waals surface area contributed by atoms with Gasteiger partial charge in [0, 0.05) is 31.1 Å². The molecule has 0 aliphatic carbocycles. The summed E-state index contributed by atoms with van der Waals surface area (Å²) in [5.41, 5.74) is 1.63. The second-order valence-corrected chi connectivity index (χ2v) is 5.97. The standard InChI is InChI=1S/C17H24N2O2/c1-17(2,3)18-16(21)19(4)13-15-11-6-5-9-14(15)10-7-8-12-20/h5-6,9,11,20H,8,12-13H2,1-4H3,(H,18,21). The van der Waals surface area contributed by atoms with Crippen LogP contribution in [-0.2, 0) is 6.54 Å². The number of aliphatic hydroxyl groups is 1. The number of urea groups is 1. The molecule has 2 N–H and O–H groups in total. The van der Waals surface area contributed by atoms with E-state index >= 15 is 0 Å². The average Bonchev–Trinajstić information content (AvgIpc) is 2.39. The molecule has 0 heterocycles. The summed E-state index contributed by atoms with van der Waals surface area (Å²) in [5, 5.41) is 11.7. The van der Waals surface area contributed by atoms with Crippen molar-refractivity contribution >= 4 is 6.03 Å². The number of hydrogen-bond donors (Lipinski definition) is 2. The molecule has 4 nitrogen and oxygen atoms in total. The maximum atomic E-state index is 12.1. The third-order valence-corrected chi connectivity index (χ3v) is 2.71. The van der Waals surface area contributed by atoms with E-state index in [9.17, 15) is 4.79 Å². The van der Waals surface area contributed by atoms with E-state index in [0.717, 1.165) is 11.1 Å². The van der Waals surface area contributed by atoms with E-state index in [-0.39, 0.29) is 18.2 Å². The summed E-state index contributed by atoms with van der Waals surface area (Å²) in [6.07, 6.45) is 0.453. The third kappa shape index (κ3) is 6.33. The van der Waals surface area contributed by atoms with Gasteiger partial charge in [0.1, 0.15) is 0 Å². The molecule has 0 saturated carbocycles. The van der Waals surface area contributed by atoms with Crippen molar-refractivity contribution in [2.24, 2.45) is 0 Å². The molecule has 0 saturated heterocycles. The van der Waals surface area contributed by atoms with Crippen molar-refractivity contribution in [3.8, 4) is 11.8 Å². The molecule has 1 aromatic carbocycles. The zero-order valence-corrected chi connectivity index (χ0v) is 13.2. The van der Waals surface area contributed by atoms with E-state index in [4.69, 9.17) is 5.11 Å². The second kappa shape index (κ2) is 7.70. The molecule has 1 rings (SSSR count). The molecular formula is C17H24N2O2. The van der Waals surface area contributed by atoms with E-state index < -0.39 is 0 Å². The zero-order chi connectivity index (χ0) is 15.9. The van der Waals surface area contributed by atoms with Gasteiger partial charge in [0.15, 0.2) is 0 Å². The summed E-state index contributed by atoms with van der Waals surface area (Å²) in [4.78, 5) is 13.7. The number of benzene rings is 1. The Morgan fingerprint density at radius 2 is 2.00 bits per heavy atom. The molecule has 114 valence electrons. The Hall–Kier alpha value is -1.99. The van der Waals surface area contributed by atoms with Crippen LogP contribution in [0.1, 0.15) is 38.3 Å². The number of amides is 2. The number of carbonyl (C=O) groups is 1. The van der Waals surface area contributed by atoms with Crippen molar-refractivity contribution in [3.63, 3.8) is 0 Å². The highest BCUT2D eigenvalue weighted by Gasteiger charge is 2.17. The Labute approximate surface area is 127 Å². The van der Waals surface area contributed by atoms with Crippen LogP contribution >= 0.6 is 0 Å². The maximum Gasteiger partial charge on any atom is 0.317 e. The van der Waals surface area contributed by atoms with Crippen molar-refractivity contribution in [2.75, 3.05) is 13.7 Å². The van der Waals surface area contributed by atoms with Gasteiger partial charge >= 0.3 is 6.03 Å². The molecular weight excluding hydrogens is 264 g/mol. The molecule has 21 heavy (non-hydrogen) atoms. The fourth-order valence-electron chi connectivity index (χ4n) is 1.74. The zero-order valence-electron chi connectivity index (χ0n) is 13.2. The maximum absolute atomic E-state index is 12.1. The quantitative estimate of drug-likeness (QED) is 0.839. The first kappa shape index (κ1) is 17.1. The molecule has 0 fully saturated rings. The van der Waals surface area contributed by atoms with Crippen molar-refractivity contribution in [2.45, 2.75) is 39.3 Å². The lowest BCUT2D eigenvalue weighted by Crippen LogP contribution is -2.46. The lowest BCUT2D eigenvalue weighted by molar-refractivity contribution is 0.197. The van der Waals surface area contributed by atoms with Crippen molar-refractivity contribution in [3.05, 3.63) is 35.4 Å². The summed E-state index contributed by atoms with van der Waals surface area (Å²) >= 11 is 0. The monoisotopic (exact) mass is 288 g/mol. The molecule has 2 amide bonds. The van der Waals surface area contributed by atoms with Crippen LogP contribution in [0.15, 0.2) is 24.3 Å². The van der Waals surface area contributed by atoms with Gasteiger partial charge in [-0.25, -0.2) is 4.79 Å². The predicted molar refractivity (Wildman–Crippen MR) is 84.8 cm³/mol. The normalized spacial score (nSPS) is 10.5. The first-order valence-corrected chi connectivity index (χ1v) is 7.04. The second-order valence-electron chi connectivity index (χ2n) is 5.97. The van der Waals surface area contributed by atoms with E-state index in [1.807, 2.05) is 45.0 Å². The number of rotatable bonds is 3. The van der Waals surface area contributed by atoms with Crippen LogP contribution < -0.4 is 5.32 Å². The molecule has 1 aromatic rings. The van der Waals surface area contributed by atoms with Gasteiger partial charge < -0.3 is 15.3 Å². The van der Waals surface area contributed by atoms with Crippen LogP contribution in [-0.4, -0.2) is 35.2 Å². The SMILES string of the molecule is CN(Cc1ccccc1C#CCCO)C(=O)NC(C)(C)C. The highest BCUT2D eigenvalue weighted by atomic mass is 16.2. The van der Waals surface area contributed by atoms with E-state index in [0.29, 0.717) is 13.0 Å². The van der Waals surface area contributed by atoms with Crippen LogP contribution in [0.3, 0.4) is 0 Å². The smallest absolute Gasteiger partial charge is 0.317 e. The van der Waals surface area contributed by atoms with Gasteiger partial charge in [-0.1, -0.05) is 30.0 Å². The van der Waals surface area contributed by atoms with E-state index in [2.05, 4.69) is 17.2 Å². The largest absolute Gasteiger partial charge is 0.395 e. The highest BCUT2D eigenvalue weighted by Crippen LogP contribution is 2.11. The van der Waals surface area contributed by atoms with Crippen molar-refractivity contribution in [1.29, 1.82) is 0 Å². The first-order chi connectivity index (χ1) is 9.83. The Kier molecular flexibility index (Phi) is 6.26. The Balaban J connectivity index is 2.79. The molecule has 0 aromatic heterocycles. The van der Waals surface area contributed by atoms with Crippen LogP contribution in [0.5, 0.6) is 0 Å². The first-order valence-electron chi connectivity index (χ1n) is 7.04. The van der Waals surface area contributed by atoms with Crippen LogP contribution in [0.2, 0.25) is 0 Å². The number of aliphatic hydroxyl groups excluding tert-OH is 1. The average molecular weight is 288 g/mol. The van der Waals surface area contributed by atoms with Gasteiger partial charge in [-0.2, -0.15) is 0 Å². The van der Waals surface area contributed by atoms with Gasteiger partial charge in [0.2, 0.25) is 0 Å². The minimum absolute atomic E-state index is 0.0586. The Bertz CT molecular complexity index is 536. The van der Waals surface area contributed by atoms with Crippen LogP contribution in [0.4, 0.5) is 4.79 Å². The fraction of sp³-hybridized carbons (Fsp3) is 0.471. The van der Waals surface area contributed by atoms with Gasteiger partial charge in [0.05, 0.1) is 6.61 Å². The summed E-state index contributed by atoms with van der Waals surface area (Å²) < 4.78 is 0. The van der Waals surface area contributed by atoms with Gasteiger partial charge in [-0.15, -0.1) is 0 Å². The Morgan fingerprint density at radius 3 is 2.62 bits per heavy atom.